The largest absolute Gasteiger partial charge is 0.366 e. The van der Waals surface area contributed by atoms with Crippen LogP contribution in [0, 0.1) is 11.7 Å². The monoisotopic (exact) mass is 311 g/mol. The van der Waals surface area contributed by atoms with E-state index in [1.54, 1.807) is 22.7 Å². The fourth-order valence-corrected chi connectivity index (χ4v) is 3.22. The van der Waals surface area contributed by atoms with Crippen molar-refractivity contribution in [1.29, 1.82) is 0 Å². The molecule has 0 aliphatic heterocycles. The highest BCUT2D eigenvalue weighted by Crippen LogP contribution is 2.27. The van der Waals surface area contributed by atoms with Crippen LogP contribution in [0.5, 0.6) is 0 Å². The summed E-state index contributed by atoms with van der Waals surface area (Å²) in [7, 11) is 0. The van der Waals surface area contributed by atoms with Gasteiger partial charge in [-0.15, -0.1) is 15.3 Å². The minimum Gasteiger partial charge on any atom is -0.366 e. The van der Waals surface area contributed by atoms with E-state index < -0.39 is 0 Å². The van der Waals surface area contributed by atoms with Gasteiger partial charge in [0, 0.05) is 6.04 Å². The maximum Gasteiger partial charge on any atom is 0.188 e. The summed E-state index contributed by atoms with van der Waals surface area (Å²) >= 11 is 0. The van der Waals surface area contributed by atoms with Gasteiger partial charge in [-0.3, -0.25) is 0 Å². The number of hydrogen-bond acceptors (Lipinski definition) is 4. The van der Waals surface area contributed by atoms with Crippen molar-refractivity contribution in [1.82, 2.24) is 19.8 Å². The van der Waals surface area contributed by atoms with E-state index in [-0.39, 0.29) is 5.82 Å². The second-order valence-corrected chi connectivity index (χ2v) is 6.25. The maximum absolute atomic E-state index is 14.0. The van der Waals surface area contributed by atoms with E-state index in [9.17, 15) is 4.39 Å². The molecule has 1 saturated carbocycles. The first kappa shape index (κ1) is 14.1. The molecule has 0 amide bonds. The van der Waals surface area contributed by atoms with E-state index in [0.29, 0.717) is 23.1 Å². The number of rotatable bonds is 3. The third-order valence-electron chi connectivity index (χ3n) is 4.42. The summed E-state index contributed by atoms with van der Waals surface area (Å²) < 4.78 is 15.6. The molecule has 2 atom stereocenters. The molecule has 5 nitrogen and oxygen atoms in total. The summed E-state index contributed by atoms with van der Waals surface area (Å²) in [6, 6.07) is 10.7. The molecule has 3 aromatic rings. The highest BCUT2D eigenvalue weighted by atomic mass is 19.1. The van der Waals surface area contributed by atoms with Crippen molar-refractivity contribution in [3.05, 3.63) is 42.2 Å². The number of aromatic nitrogens is 4. The Morgan fingerprint density at radius 1 is 1.13 bits per heavy atom. The Hall–Kier alpha value is -2.50. The lowest BCUT2D eigenvalue weighted by molar-refractivity contribution is 0.602. The predicted molar refractivity (Wildman–Crippen MR) is 86.6 cm³/mol. The molecule has 1 N–H and O–H groups in total. The van der Waals surface area contributed by atoms with Gasteiger partial charge in [0.1, 0.15) is 11.6 Å². The molecule has 2 unspecified atom stereocenters. The fraction of sp³-hybridized carbons (Fsp3) is 0.353. The molecule has 6 heteroatoms. The lowest BCUT2D eigenvalue weighted by Gasteiger charge is -2.13. The summed E-state index contributed by atoms with van der Waals surface area (Å²) in [5.41, 5.74) is 1.01. The number of fused-ring (bicyclic) bond motifs is 1. The lowest BCUT2D eigenvalue weighted by Crippen LogP contribution is -2.17. The molecule has 0 bridgehead atoms. The van der Waals surface area contributed by atoms with Crippen molar-refractivity contribution in [2.75, 3.05) is 5.32 Å². The van der Waals surface area contributed by atoms with Gasteiger partial charge in [-0.25, -0.2) is 4.39 Å². The number of nitrogens with one attached hydrogen (secondary N) is 1. The van der Waals surface area contributed by atoms with Crippen LogP contribution in [-0.4, -0.2) is 25.9 Å². The summed E-state index contributed by atoms with van der Waals surface area (Å²) in [4.78, 5) is 0. The van der Waals surface area contributed by atoms with Gasteiger partial charge in [0.2, 0.25) is 0 Å². The van der Waals surface area contributed by atoms with Gasteiger partial charge in [-0.05, 0) is 49.4 Å². The Labute approximate surface area is 133 Å². The first-order valence-electron chi connectivity index (χ1n) is 7.94. The Morgan fingerprint density at radius 3 is 2.78 bits per heavy atom. The SMILES string of the molecule is CC1CCC(Nc2ccc3nnc(-c4ccccc4F)n3n2)C1. The van der Waals surface area contributed by atoms with Crippen molar-refractivity contribution in [3.63, 3.8) is 0 Å². The zero-order chi connectivity index (χ0) is 15.8. The highest BCUT2D eigenvalue weighted by Gasteiger charge is 2.21. The van der Waals surface area contributed by atoms with E-state index in [4.69, 9.17) is 0 Å². The van der Waals surface area contributed by atoms with Gasteiger partial charge >= 0.3 is 0 Å². The number of nitrogens with zero attached hydrogens (tertiary/aromatic N) is 4. The number of halogens is 1. The first-order chi connectivity index (χ1) is 11.2. The van der Waals surface area contributed by atoms with Gasteiger partial charge in [-0.1, -0.05) is 19.1 Å². The summed E-state index contributed by atoms with van der Waals surface area (Å²) in [5, 5.41) is 16.2. The van der Waals surface area contributed by atoms with Crippen molar-refractivity contribution in [2.24, 2.45) is 5.92 Å². The van der Waals surface area contributed by atoms with E-state index in [2.05, 4.69) is 27.5 Å². The van der Waals surface area contributed by atoms with Crippen LogP contribution in [-0.2, 0) is 0 Å². The summed E-state index contributed by atoms with van der Waals surface area (Å²) in [5.74, 6) is 1.61. The van der Waals surface area contributed by atoms with E-state index in [0.717, 1.165) is 24.6 Å². The van der Waals surface area contributed by atoms with Crippen LogP contribution in [0.4, 0.5) is 10.2 Å². The molecule has 0 saturated heterocycles. The molecule has 0 radical (unpaired) electrons. The van der Waals surface area contributed by atoms with Crippen LogP contribution in [0.25, 0.3) is 17.0 Å². The Morgan fingerprint density at radius 2 is 2.00 bits per heavy atom. The number of anilines is 1. The third-order valence-corrected chi connectivity index (χ3v) is 4.42. The quantitative estimate of drug-likeness (QED) is 0.804. The predicted octanol–water partition coefficient (Wildman–Crippen LogP) is 3.53. The van der Waals surface area contributed by atoms with Crippen LogP contribution in [0.15, 0.2) is 36.4 Å². The van der Waals surface area contributed by atoms with Gasteiger partial charge in [0.15, 0.2) is 11.5 Å². The second kappa shape index (κ2) is 5.61. The molecule has 1 fully saturated rings. The van der Waals surface area contributed by atoms with Crippen molar-refractivity contribution < 1.29 is 4.39 Å². The molecule has 1 aliphatic rings. The smallest absolute Gasteiger partial charge is 0.188 e. The van der Waals surface area contributed by atoms with E-state index >= 15 is 0 Å². The zero-order valence-corrected chi connectivity index (χ0v) is 12.9. The van der Waals surface area contributed by atoms with Gasteiger partial charge in [-0.2, -0.15) is 4.52 Å². The second-order valence-electron chi connectivity index (χ2n) is 6.25. The third kappa shape index (κ3) is 2.65. The average Bonchev–Trinajstić information content (AvgIpc) is 3.14. The standard InChI is InChI=1S/C17H18FN5/c1-11-6-7-12(10-11)19-15-8-9-16-20-21-17(23(16)22-15)13-4-2-3-5-14(13)18/h2-5,8-9,11-12H,6-7,10H2,1H3,(H,19,22). The van der Waals surface area contributed by atoms with E-state index in [1.807, 2.05) is 12.1 Å². The van der Waals surface area contributed by atoms with Crippen LogP contribution >= 0.6 is 0 Å². The summed E-state index contributed by atoms with van der Waals surface area (Å²) in [6.07, 6.45) is 3.55. The average molecular weight is 311 g/mol. The molecule has 0 spiro atoms. The van der Waals surface area contributed by atoms with Crippen molar-refractivity contribution in [3.8, 4) is 11.4 Å². The Balaban J connectivity index is 1.70. The minimum atomic E-state index is -0.327. The molecule has 2 heterocycles. The highest BCUT2D eigenvalue weighted by molar-refractivity contribution is 5.60. The fourth-order valence-electron chi connectivity index (χ4n) is 3.22. The van der Waals surface area contributed by atoms with Gasteiger partial charge in [0.05, 0.1) is 5.56 Å². The molecule has 118 valence electrons. The zero-order valence-electron chi connectivity index (χ0n) is 12.9. The Bertz CT molecular complexity index is 844. The molecular weight excluding hydrogens is 293 g/mol. The maximum atomic E-state index is 14.0. The topological polar surface area (TPSA) is 55.1 Å². The number of benzene rings is 1. The molecule has 4 rings (SSSR count). The van der Waals surface area contributed by atoms with Crippen molar-refractivity contribution in [2.45, 2.75) is 32.2 Å². The van der Waals surface area contributed by atoms with Crippen LogP contribution < -0.4 is 5.32 Å². The lowest BCUT2D eigenvalue weighted by atomic mass is 10.1. The number of hydrogen-bond donors (Lipinski definition) is 1. The molecule has 1 aliphatic carbocycles. The summed E-state index contributed by atoms with van der Waals surface area (Å²) in [6.45, 7) is 2.27. The van der Waals surface area contributed by atoms with Gasteiger partial charge < -0.3 is 5.32 Å². The molecule has 1 aromatic carbocycles. The van der Waals surface area contributed by atoms with Crippen LogP contribution in [0.3, 0.4) is 0 Å². The molecule has 2 aromatic heterocycles. The van der Waals surface area contributed by atoms with Gasteiger partial charge in [0.25, 0.3) is 0 Å². The van der Waals surface area contributed by atoms with E-state index in [1.165, 1.54) is 12.5 Å². The van der Waals surface area contributed by atoms with Crippen molar-refractivity contribution >= 4 is 11.5 Å². The first-order valence-corrected chi connectivity index (χ1v) is 7.94. The molecule has 23 heavy (non-hydrogen) atoms. The van der Waals surface area contributed by atoms with Crippen LogP contribution in [0.2, 0.25) is 0 Å². The molecular formula is C17H18FN5. The normalized spacial score (nSPS) is 21.0. The Kier molecular flexibility index (Phi) is 3.44. The minimum absolute atomic E-state index is 0.327. The van der Waals surface area contributed by atoms with Crippen LogP contribution in [0.1, 0.15) is 26.2 Å².